The molecule has 2 aromatic rings. The molecule has 1 aromatic carbocycles. The van der Waals surface area contributed by atoms with Gasteiger partial charge in [0.15, 0.2) is 0 Å². The zero-order chi connectivity index (χ0) is 16.6. The maximum Gasteiger partial charge on any atom is 0.337 e. The third-order valence-corrected chi connectivity index (χ3v) is 3.68. The molecule has 0 aliphatic carbocycles. The second-order valence-electron chi connectivity index (χ2n) is 5.48. The lowest BCUT2D eigenvalue weighted by Crippen LogP contribution is -2.33. The van der Waals surface area contributed by atoms with Crippen LogP contribution in [0.3, 0.4) is 0 Å². The zero-order valence-corrected chi connectivity index (χ0v) is 12.9. The SMILES string of the molecule is Cc1ccc(C(=O)O)c(N2N=C(c3cnn(C)c3)CCC2=O)c1. The molecule has 0 spiro atoms. The largest absolute Gasteiger partial charge is 0.478 e. The number of aromatic nitrogens is 2. The molecule has 7 heteroatoms. The minimum absolute atomic E-state index is 0.0557. The van der Waals surface area contributed by atoms with Gasteiger partial charge in [0.2, 0.25) is 5.91 Å². The summed E-state index contributed by atoms with van der Waals surface area (Å²) >= 11 is 0. The highest BCUT2D eigenvalue weighted by molar-refractivity contribution is 6.10. The fraction of sp³-hybridized carbons (Fsp3) is 0.250. The Labute approximate surface area is 132 Å². The Bertz CT molecular complexity index is 822. The normalized spacial score (nSPS) is 14.8. The van der Waals surface area contributed by atoms with Crippen molar-refractivity contribution < 1.29 is 14.7 Å². The summed E-state index contributed by atoms with van der Waals surface area (Å²) in [7, 11) is 1.80. The van der Waals surface area contributed by atoms with Crippen LogP contribution in [-0.2, 0) is 11.8 Å². The van der Waals surface area contributed by atoms with Crippen molar-refractivity contribution in [2.45, 2.75) is 19.8 Å². The molecule has 0 bridgehead atoms. The van der Waals surface area contributed by atoms with Crippen molar-refractivity contribution in [3.05, 3.63) is 47.3 Å². The number of hydrazone groups is 1. The van der Waals surface area contributed by atoms with E-state index in [1.54, 1.807) is 30.1 Å². The van der Waals surface area contributed by atoms with Gasteiger partial charge in [0, 0.05) is 31.6 Å². The van der Waals surface area contributed by atoms with Crippen molar-refractivity contribution in [2.24, 2.45) is 12.1 Å². The van der Waals surface area contributed by atoms with Crippen LogP contribution in [0.15, 0.2) is 35.7 Å². The molecule has 1 aliphatic heterocycles. The van der Waals surface area contributed by atoms with Crippen molar-refractivity contribution in [1.82, 2.24) is 9.78 Å². The molecular weight excluding hydrogens is 296 g/mol. The summed E-state index contributed by atoms with van der Waals surface area (Å²) in [6, 6.07) is 4.86. The number of amides is 1. The molecule has 0 atom stereocenters. The van der Waals surface area contributed by atoms with E-state index >= 15 is 0 Å². The minimum atomic E-state index is -1.09. The van der Waals surface area contributed by atoms with Gasteiger partial charge >= 0.3 is 5.97 Å². The minimum Gasteiger partial charge on any atom is -0.478 e. The van der Waals surface area contributed by atoms with E-state index in [1.165, 1.54) is 11.1 Å². The van der Waals surface area contributed by atoms with Gasteiger partial charge in [-0.1, -0.05) is 6.07 Å². The van der Waals surface area contributed by atoms with Gasteiger partial charge in [-0.25, -0.2) is 4.79 Å². The Morgan fingerprint density at radius 3 is 2.74 bits per heavy atom. The number of aryl methyl sites for hydroxylation is 2. The predicted molar refractivity (Wildman–Crippen MR) is 84.6 cm³/mol. The summed E-state index contributed by atoms with van der Waals surface area (Å²) in [5.41, 5.74) is 2.76. The lowest BCUT2D eigenvalue weighted by atomic mass is 10.1. The molecule has 2 heterocycles. The van der Waals surface area contributed by atoms with E-state index in [4.69, 9.17) is 0 Å². The lowest BCUT2D eigenvalue weighted by Gasteiger charge is -2.24. The summed E-state index contributed by atoms with van der Waals surface area (Å²) in [4.78, 5) is 23.7. The zero-order valence-electron chi connectivity index (χ0n) is 12.9. The third kappa shape index (κ3) is 2.85. The van der Waals surface area contributed by atoms with Crippen LogP contribution in [0.1, 0.15) is 34.3 Å². The molecule has 0 saturated carbocycles. The second-order valence-corrected chi connectivity index (χ2v) is 5.48. The van der Waals surface area contributed by atoms with Crippen LogP contribution >= 0.6 is 0 Å². The molecule has 1 aromatic heterocycles. The van der Waals surface area contributed by atoms with Gasteiger partial charge < -0.3 is 5.11 Å². The third-order valence-electron chi connectivity index (χ3n) is 3.68. The summed E-state index contributed by atoms with van der Waals surface area (Å²) < 4.78 is 1.66. The highest BCUT2D eigenvalue weighted by atomic mass is 16.4. The molecule has 23 heavy (non-hydrogen) atoms. The van der Waals surface area contributed by atoms with E-state index < -0.39 is 5.97 Å². The number of anilines is 1. The second kappa shape index (κ2) is 5.68. The van der Waals surface area contributed by atoms with Crippen molar-refractivity contribution in [3.8, 4) is 0 Å². The topological polar surface area (TPSA) is 87.8 Å². The number of carboxylic acids is 1. The quantitative estimate of drug-likeness (QED) is 0.938. The lowest BCUT2D eigenvalue weighted by molar-refractivity contribution is -0.118. The van der Waals surface area contributed by atoms with E-state index in [9.17, 15) is 14.7 Å². The molecule has 0 unspecified atom stereocenters. The van der Waals surface area contributed by atoms with Crippen molar-refractivity contribution >= 4 is 23.3 Å². The average molecular weight is 312 g/mol. The van der Waals surface area contributed by atoms with Gasteiger partial charge in [0.25, 0.3) is 0 Å². The van der Waals surface area contributed by atoms with Crippen LogP contribution in [0.5, 0.6) is 0 Å². The van der Waals surface area contributed by atoms with Crippen LogP contribution < -0.4 is 5.01 Å². The van der Waals surface area contributed by atoms with Crippen molar-refractivity contribution in [3.63, 3.8) is 0 Å². The fourth-order valence-electron chi connectivity index (χ4n) is 2.52. The first-order valence-electron chi connectivity index (χ1n) is 7.19. The first-order chi connectivity index (χ1) is 11.0. The van der Waals surface area contributed by atoms with E-state index in [1.807, 2.05) is 13.1 Å². The summed E-state index contributed by atoms with van der Waals surface area (Å²) in [6.45, 7) is 1.84. The smallest absolute Gasteiger partial charge is 0.337 e. The Morgan fingerprint density at radius 2 is 2.09 bits per heavy atom. The fourth-order valence-corrected chi connectivity index (χ4v) is 2.52. The molecule has 0 radical (unpaired) electrons. The molecule has 7 nitrogen and oxygen atoms in total. The maximum absolute atomic E-state index is 12.3. The van der Waals surface area contributed by atoms with Crippen LogP contribution in [0, 0.1) is 6.92 Å². The maximum atomic E-state index is 12.3. The van der Waals surface area contributed by atoms with Gasteiger partial charge in [-0.15, -0.1) is 0 Å². The summed E-state index contributed by atoms with van der Waals surface area (Å²) in [6.07, 6.45) is 4.29. The van der Waals surface area contributed by atoms with Gasteiger partial charge in [-0.3, -0.25) is 9.48 Å². The molecule has 0 saturated heterocycles. The van der Waals surface area contributed by atoms with Gasteiger partial charge in [0.1, 0.15) is 0 Å². The van der Waals surface area contributed by atoms with Crippen molar-refractivity contribution in [1.29, 1.82) is 0 Å². The van der Waals surface area contributed by atoms with Gasteiger partial charge in [-0.2, -0.15) is 15.2 Å². The first-order valence-corrected chi connectivity index (χ1v) is 7.19. The van der Waals surface area contributed by atoms with Gasteiger partial charge in [-0.05, 0) is 24.6 Å². The van der Waals surface area contributed by atoms with E-state index in [2.05, 4.69) is 10.2 Å². The Morgan fingerprint density at radius 1 is 1.30 bits per heavy atom. The molecular formula is C16H16N4O3. The number of aromatic carboxylic acids is 1. The summed E-state index contributed by atoms with van der Waals surface area (Å²) in [5.74, 6) is -1.30. The predicted octanol–water partition coefficient (Wildman–Crippen LogP) is 1.96. The molecule has 1 N–H and O–H groups in total. The Balaban J connectivity index is 2.09. The van der Waals surface area contributed by atoms with Gasteiger partial charge in [0.05, 0.1) is 23.2 Å². The number of rotatable bonds is 3. The van der Waals surface area contributed by atoms with Crippen LogP contribution in [0.2, 0.25) is 0 Å². The molecule has 1 amide bonds. The molecule has 0 fully saturated rings. The first kappa shape index (κ1) is 15.0. The average Bonchev–Trinajstić information content (AvgIpc) is 2.94. The highest BCUT2D eigenvalue weighted by Gasteiger charge is 2.26. The Kier molecular flexibility index (Phi) is 3.69. The number of hydrogen-bond donors (Lipinski definition) is 1. The van der Waals surface area contributed by atoms with E-state index in [-0.39, 0.29) is 17.9 Å². The standard InChI is InChI=1S/C16H16N4O3/c1-10-3-4-12(16(22)23)14(7-10)20-15(21)6-5-13(18-20)11-8-17-19(2)9-11/h3-4,7-9H,5-6H2,1-2H3,(H,22,23). The highest BCUT2D eigenvalue weighted by Crippen LogP contribution is 2.27. The van der Waals surface area contributed by atoms with E-state index in [0.29, 0.717) is 12.1 Å². The molecule has 1 aliphatic rings. The van der Waals surface area contributed by atoms with Crippen LogP contribution in [0.25, 0.3) is 0 Å². The molecule has 3 rings (SSSR count). The molecule has 118 valence electrons. The summed E-state index contributed by atoms with van der Waals surface area (Å²) in [5, 5.41) is 19.0. The Hall–Kier alpha value is -2.96. The monoisotopic (exact) mass is 312 g/mol. The number of nitrogens with zero attached hydrogens (tertiary/aromatic N) is 4. The number of carbonyl (C=O) groups is 2. The van der Waals surface area contributed by atoms with E-state index in [0.717, 1.165) is 16.8 Å². The number of carboxylic acid groups (broad SMARTS) is 1. The van der Waals surface area contributed by atoms with Crippen LogP contribution in [0.4, 0.5) is 5.69 Å². The number of carbonyl (C=O) groups excluding carboxylic acids is 1. The number of benzene rings is 1. The number of hydrogen-bond acceptors (Lipinski definition) is 4. The van der Waals surface area contributed by atoms with Crippen molar-refractivity contribution in [2.75, 3.05) is 5.01 Å². The van der Waals surface area contributed by atoms with Crippen LogP contribution in [-0.4, -0.2) is 32.5 Å².